The van der Waals surface area contributed by atoms with Crippen LogP contribution in [0.3, 0.4) is 0 Å². The highest BCUT2D eigenvalue weighted by Gasteiger charge is 2.06. The van der Waals surface area contributed by atoms with Gasteiger partial charge in [0.25, 0.3) is 5.91 Å². The van der Waals surface area contributed by atoms with Gasteiger partial charge in [-0.15, -0.1) is 0 Å². The van der Waals surface area contributed by atoms with Crippen molar-refractivity contribution in [3.05, 3.63) is 52.6 Å². The number of aryl methyl sites for hydroxylation is 1. The molecule has 0 atom stereocenters. The summed E-state index contributed by atoms with van der Waals surface area (Å²) in [4.78, 5) is 11.8. The Morgan fingerprint density at radius 1 is 1.23 bits per heavy atom. The van der Waals surface area contributed by atoms with Crippen LogP contribution < -0.4 is 10.1 Å². The SMILES string of the molecule is Cc1cc(NC(=O)COc2ccc3cc(Br)ccc3c2)n[nH]1. The summed E-state index contributed by atoms with van der Waals surface area (Å²) in [6, 6.07) is 13.5. The maximum absolute atomic E-state index is 11.8. The van der Waals surface area contributed by atoms with Gasteiger partial charge >= 0.3 is 0 Å². The summed E-state index contributed by atoms with van der Waals surface area (Å²) < 4.78 is 6.55. The minimum atomic E-state index is -0.248. The topological polar surface area (TPSA) is 67.0 Å². The van der Waals surface area contributed by atoms with Crippen LogP contribution in [0.15, 0.2) is 46.9 Å². The van der Waals surface area contributed by atoms with Crippen LogP contribution in [0.25, 0.3) is 10.8 Å². The Hall–Kier alpha value is -2.34. The first-order valence-electron chi connectivity index (χ1n) is 6.74. The zero-order chi connectivity index (χ0) is 15.5. The van der Waals surface area contributed by atoms with Crippen LogP contribution in [0.2, 0.25) is 0 Å². The average molecular weight is 360 g/mol. The summed E-state index contributed by atoms with van der Waals surface area (Å²) in [5, 5.41) is 11.5. The molecule has 1 aromatic heterocycles. The Morgan fingerprint density at radius 2 is 2.00 bits per heavy atom. The number of benzene rings is 2. The molecular weight excluding hydrogens is 346 g/mol. The highest BCUT2D eigenvalue weighted by atomic mass is 79.9. The van der Waals surface area contributed by atoms with Crippen molar-refractivity contribution in [1.29, 1.82) is 0 Å². The van der Waals surface area contributed by atoms with Crippen LogP contribution >= 0.6 is 15.9 Å². The molecule has 0 saturated carbocycles. The minimum absolute atomic E-state index is 0.0616. The molecule has 0 bridgehead atoms. The Bertz CT molecular complexity index is 829. The van der Waals surface area contributed by atoms with Gasteiger partial charge < -0.3 is 10.1 Å². The average Bonchev–Trinajstić information content (AvgIpc) is 2.90. The zero-order valence-corrected chi connectivity index (χ0v) is 13.5. The third-order valence-corrected chi connectivity index (χ3v) is 3.61. The lowest BCUT2D eigenvalue weighted by Crippen LogP contribution is -2.20. The summed E-state index contributed by atoms with van der Waals surface area (Å²) in [6.45, 7) is 1.81. The molecule has 0 fully saturated rings. The number of halogens is 1. The molecule has 0 spiro atoms. The van der Waals surface area contributed by atoms with E-state index in [9.17, 15) is 4.79 Å². The molecule has 5 nitrogen and oxygen atoms in total. The van der Waals surface area contributed by atoms with Gasteiger partial charge in [-0.3, -0.25) is 9.89 Å². The van der Waals surface area contributed by atoms with E-state index in [0.29, 0.717) is 11.6 Å². The van der Waals surface area contributed by atoms with E-state index in [1.165, 1.54) is 0 Å². The van der Waals surface area contributed by atoms with Crippen molar-refractivity contribution in [2.24, 2.45) is 0 Å². The fourth-order valence-electron chi connectivity index (χ4n) is 2.09. The Kier molecular flexibility index (Phi) is 4.11. The van der Waals surface area contributed by atoms with Crippen LogP contribution in [0.4, 0.5) is 5.82 Å². The molecule has 0 unspecified atom stereocenters. The molecule has 2 N–H and O–H groups in total. The molecule has 3 aromatic rings. The van der Waals surface area contributed by atoms with Gasteiger partial charge in [-0.2, -0.15) is 5.10 Å². The number of H-pyrrole nitrogens is 1. The van der Waals surface area contributed by atoms with E-state index in [1.807, 2.05) is 43.3 Å². The number of carbonyl (C=O) groups is 1. The number of nitrogens with one attached hydrogen (secondary N) is 2. The second-order valence-electron chi connectivity index (χ2n) is 4.93. The molecule has 112 valence electrons. The molecule has 0 radical (unpaired) electrons. The van der Waals surface area contributed by atoms with Gasteiger partial charge in [0.1, 0.15) is 5.75 Å². The number of nitrogens with zero attached hydrogens (tertiary/aromatic N) is 1. The van der Waals surface area contributed by atoms with Gasteiger partial charge in [-0.05, 0) is 42.0 Å². The smallest absolute Gasteiger partial charge is 0.263 e. The summed E-state index contributed by atoms with van der Waals surface area (Å²) >= 11 is 3.44. The number of aromatic nitrogens is 2. The van der Waals surface area contributed by atoms with Crippen molar-refractivity contribution < 1.29 is 9.53 Å². The van der Waals surface area contributed by atoms with E-state index in [1.54, 1.807) is 6.07 Å². The quantitative estimate of drug-likeness (QED) is 0.746. The number of fused-ring (bicyclic) bond motifs is 1. The number of hydrogen-bond acceptors (Lipinski definition) is 3. The van der Waals surface area contributed by atoms with Crippen molar-refractivity contribution in [2.45, 2.75) is 6.92 Å². The van der Waals surface area contributed by atoms with Crippen LogP contribution in [0.5, 0.6) is 5.75 Å². The van der Waals surface area contributed by atoms with Crippen LogP contribution in [-0.4, -0.2) is 22.7 Å². The predicted molar refractivity (Wildman–Crippen MR) is 89.1 cm³/mol. The lowest BCUT2D eigenvalue weighted by molar-refractivity contribution is -0.118. The van der Waals surface area contributed by atoms with Gasteiger partial charge in [0.2, 0.25) is 0 Å². The van der Waals surface area contributed by atoms with E-state index >= 15 is 0 Å². The molecular formula is C16H14BrN3O2. The number of anilines is 1. The van der Waals surface area contributed by atoms with E-state index in [2.05, 4.69) is 31.4 Å². The molecule has 0 saturated heterocycles. The fourth-order valence-corrected chi connectivity index (χ4v) is 2.47. The van der Waals surface area contributed by atoms with Gasteiger partial charge in [-0.25, -0.2) is 0 Å². The van der Waals surface area contributed by atoms with Crippen LogP contribution in [-0.2, 0) is 4.79 Å². The summed E-state index contributed by atoms with van der Waals surface area (Å²) in [5.74, 6) is 0.903. The lowest BCUT2D eigenvalue weighted by Gasteiger charge is -2.07. The highest BCUT2D eigenvalue weighted by molar-refractivity contribution is 9.10. The predicted octanol–water partition coefficient (Wildman–Crippen LogP) is 3.65. The van der Waals surface area contributed by atoms with E-state index < -0.39 is 0 Å². The highest BCUT2D eigenvalue weighted by Crippen LogP contribution is 2.24. The molecule has 22 heavy (non-hydrogen) atoms. The van der Waals surface area contributed by atoms with Crippen molar-refractivity contribution in [3.63, 3.8) is 0 Å². The Labute approximate surface area is 135 Å². The first kappa shape index (κ1) is 14.6. The number of rotatable bonds is 4. The molecule has 1 amide bonds. The van der Waals surface area contributed by atoms with E-state index in [4.69, 9.17) is 4.74 Å². The standard InChI is InChI=1S/C16H14BrN3O2/c1-10-6-15(20-19-10)18-16(21)9-22-14-5-3-11-7-13(17)4-2-12(11)8-14/h2-8H,9H2,1H3,(H2,18,19,20,21). The molecule has 1 heterocycles. The van der Waals surface area contributed by atoms with Crippen molar-refractivity contribution in [3.8, 4) is 5.75 Å². The monoisotopic (exact) mass is 359 g/mol. The summed E-state index contributed by atoms with van der Waals surface area (Å²) in [5.41, 5.74) is 0.886. The van der Waals surface area contributed by atoms with Crippen molar-refractivity contribution >= 4 is 38.4 Å². The van der Waals surface area contributed by atoms with E-state index in [0.717, 1.165) is 20.9 Å². The zero-order valence-electron chi connectivity index (χ0n) is 11.9. The second-order valence-corrected chi connectivity index (χ2v) is 5.84. The van der Waals surface area contributed by atoms with E-state index in [-0.39, 0.29) is 12.5 Å². The van der Waals surface area contributed by atoms with Gasteiger partial charge in [0, 0.05) is 16.2 Å². The molecule has 0 aliphatic rings. The number of carbonyl (C=O) groups excluding carboxylic acids is 1. The number of amides is 1. The maximum atomic E-state index is 11.8. The van der Waals surface area contributed by atoms with Crippen LogP contribution in [0.1, 0.15) is 5.69 Å². The third kappa shape index (κ3) is 3.46. The van der Waals surface area contributed by atoms with Crippen molar-refractivity contribution in [2.75, 3.05) is 11.9 Å². The van der Waals surface area contributed by atoms with Gasteiger partial charge in [0.05, 0.1) is 0 Å². The van der Waals surface area contributed by atoms with Crippen molar-refractivity contribution in [1.82, 2.24) is 10.2 Å². The molecule has 6 heteroatoms. The lowest BCUT2D eigenvalue weighted by atomic mass is 10.1. The molecule has 3 rings (SSSR count). The number of ether oxygens (including phenoxy) is 1. The summed E-state index contributed by atoms with van der Waals surface area (Å²) in [6.07, 6.45) is 0. The first-order chi connectivity index (χ1) is 10.6. The summed E-state index contributed by atoms with van der Waals surface area (Å²) in [7, 11) is 0. The minimum Gasteiger partial charge on any atom is -0.484 e. The third-order valence-electron chi connectivity index (χ3n) is 3.12. The van der Waals surface area contributed by atoms with Crippen LogP contribution in [0, 0.1) is 6.92 Å². The normalized spacial score (nSPS) is 10.6. The Morgan fingerprint density at radius 3 is 2.77 bits per heavy atom. The van der Waals surface area contributed by atoms with Gasteiger partial charge in [-0.1, -0.05) is 28.1 Å². The molecule has 2 aromatic carbocycles. The Balaban J connectivity index is 1.63. The first-order valence-corrected chi connectivity index (χ1v) is 7.53. The van der Waals surface area contributed by atoms with Gasteiger partial charge in [0.15, 0.2) is 12.4 Å². The molecule has 0 aliphatic carbocycles. The largest absolute Gasteiger partial charge is 0.484 e. The maximum Gasteiger partial charge on any atom is 0.263 e. The molecule has 0 aliphatic heterocycles. The number of aromatic amines is 1. The number of hydrogen-bond donors (Lipinski definition) is 2. The second kappa shape index (κ2) is 6.19. The fraction of sp³-hybridized carbons (Fsp3) is 0.125.